The van der Waals surface area contributed by atoms with Gasteiger partial charge in [0, 0.05) is 0 Å². The molecule has 0 nitrogen and oxygen atoms in total. The Morgan fingerprint density at radius 3 is 1.27 bits per heavy atom. The first kappa shape index (κ1) is 30.9. The minimum Gasteiger partial charge on any atom is -0.358 e. The van der Waals surface area contributed by atoms with E-state index in [0.717, 1.165) is 34.8 Å². The summed E-state index contributed by atoms with van der Waals surface area (Å²) in [4.78, 5) is 0. The Labute approximate surface area is 164 Å². The molecule has 0 aromatic carbocycles. The van der Waals surface area contributed by atoms with Gasteiger partial charge >= 0.3 is 26.2 Å². The van der Waals surface area contributed by atoms with Gasteiger partial charge in [-0.05, 0) is 34.8 Å². The van der Waals surface area contributed by atoms with Gasteiger partial charge in [0.2, 0.25) is 0 Å². The second-order valence-electron chi connectivity index (χ2n) is 7.76. The van der Waals surface area contributed by atoms with Gasteiger partial charge in [-0.3, -0.25) is 0 Å². The molecule has 2 aliphatic carbocycles. The molecule has 2 fully saturated rings. The molecule has 0 N–H and O–H groups in total. The Kier molecular flexibility index (Phi) is 16.3. The van der Waals surface area contributed by atoms with E-state index < -0.39 is 8.07 Å². The van der Waals surface area contributed by atoms with Crippen molar-refractivity contribution >= 4 is 8.07 Å². The van der Waals surface area contributed by atoms with Crippen LogP contribution in [0.3, 0.4) is 0 Å². The first-order valence-electron chi connectivity index (χ1n) is 7.87. The van der Waals surface area contributed by atoms with E-state index in [0.29, 0.717) is 0 Å². The molecular formula is C20H44SiZr. The van der Waals surface area contributed by atoms with E-state index >= 15 is 0 Å². The second kappa shape index (κ2) is 11.6. The fourth-order valence-electron chi connectivity index (χ4n) is 5.39. The summed E-state index contributed by atoms with van der Waals surface area (Å²) in [5, 5.41) is 0. The monoisotopic (exact) mass is 402 g/mol. The van der Waals surface area contributed by atoms with Crippen molar-refractivity contribution in [3.05, 3.63) is 29.7 Å². The van der Waals surface area contributed by atoms with Gasteiger partial charge in [0.05, 0.1) is 8.07 Å². The van der Waals surface area contributed by atoms with E-state index in [1.807, 2.05) is 0 Å². The summed E-state index contributed by atoms with van der Waals surface area (Å²) in [6, 6.07) is 0. The Hall–Kier alpha value is 1.10. The smallest absolute Gasteiger partial charge is 0.358 e. The predicted molar refractivity (Wildman–Crippen MR) is 106 cm³/mol. The Morgan fingerprint density at radius 2 is 0.955 bits per heavy atom. The van der Waals surface area contributed by atoms with Crippen molar-refractivity contribution in [2.45, 2.75) is 77.6 Å². The second-order valence-corrected chi connectivity index (χ2v) is 12.9. The van der Waals surface area contributed by atoms with Crippen molar-refractivity contribution in [1.29, 1.82) is 0 Å². The third-order valence-corrected chi connectivity index (χ3v) is 12.3. The standard InChI is InChI=1S/C16H32Si.4CH3.Zr/c1-11-12(2)14(4)16(13(11)3)17(5,6)15-9-7-8-10-15;;;;;/h11-16H,7-10H2,1-6H3;4*1H3;/q;4*-1;+4. The molecule has 0 aliphatic heterocycles. The van der Waals surface area contributed by atoms with Crippen LogP contribution in [0.15, 0.2) is 0 Å². The van der Waals surface area contributed by atoms with Crippen LogP contribution in [0.25, 0.3) is 0 Å². The third-order valence-electron chi connectivity index (χ3n) is 6.89. The molecule has 2 heteroatoms. The summed E-state index contributed by atoms with van der Waals surface area (Å²) in [6.07, 6.45) is 6.14. The number of hydrogen-bond acceptors (Lipinski definition) is 0. The molecule has 0 heterocycles. The Bertz CT molecular complexity index is 257. The van der Waals surface area contributed by atoms with Crippen LogP contribution in [0, 0.1) is 53.4 Å². The van der Waals surface area contributed by atoms with Crippen LogP contribution >= 0.6 is 0 Å². The minimum atomic E-state index is -1.05. The van der Waals surface area contributed by atoms with Gasteiger partial charge in [0.1, 0.15) is 0 Å². The van der Waals surface area contributed by atoms with Crippen molar-refractivity contribution in [1.82, 2.24) is 0 Å². The van der Waals surface area contributed by atoms with Crippen molar-refractivity contribution < 1.29 is 26.2 Å². The fraction of sp³-hybridized carbons (Fsp3) is 0.800. The Balaban J connectivity index is -0.000000324. The fourth-order valence-corrected chi connectivity index (χ4v) is 11.1. The molecule has 0 bridgehead atoms. The normalized spacial score (nSPS) is 34.4. The zero-order chi connectivity index (χ0) is 12.8. The molecule has 0 saturated heterocycles. The summed E-state index contributed by atoms with van der Waals surface area (Å²) in [7, 11) is -1.05. The average Bonchev–Trinajstić information content (AvgIpc) is 2.85. The molecule has 0 spiro atoms. The maximum Gasteiger partial charge on any atom is 4.00 e. The van der Waals surface area contributed by atoms with Gasteiger partial charge in [0.15, 0.2) is 0 Å². The molecule has 22 heavy (non-hydrogen) atoms. The van der Waals surface area contributed by atoms with Crippen molar-refractivity contribution in [3.63, 3.8) is 0 Å². The molecule has 4 unspecified atom stereocenters. The van der Waals surface area contributed by atoms with Crippen LogP contribution in [0.4, 0.5) is 0 Å². The summed E-state index contributed by atoms with van der Waals surface area (Å²) >= 11 is 0. The molecule has 0 radical (unpaired) electrons. The minimum absolute atomic E-state index is 0. The van der Waals surface area contributed by atoms with E-state index in [2.05, 4.69) is 40.8 Å². The van der Waals surface area contributed by atoms with Crippen molar-refractivity contribution in [2.24, 2.45) is 23.7 Å². The number of rotatable bonds is 2. The first-order valence-corrected chi connectivity index (χ1v) is 11.0. The van der Waals surface area contributed by atoms with E-state index in [9.17, 15) is 0 Å². The zero-order valence-corrected chi connectivity index (χ0v) is 20.8. The van der Waals surface area contributed by atoms with E-state index in [1.165, 1.54) is 12.8 Å². The topological polar surface area (TPSA) is 0 Å². The van der Waals surface area contributed by atoms with Crippen LogP contribution in [0.1, 0.15) is 53.4 Å². The molecule has 0 aromatic heterocycles. The van der Waals surface area contributed by atoms with Gasteiger partial charge < -0.3 is 29.7 Å². The molecule has 2 rings (SSSR count). The maximum atomic E-state index is 2.71. The number of hydrogen-bond donors (Lipinski definition) is 0. The third kappa shape index (κ3) is 5.30. The van der Waals surface area contributed by atoms with Crippen LogP contribution in [0.2, 0.25) is 24.2 Å². The first-order chi connectivity index (χ1) is 7.87. The van der Waals surface area contributed by atoms with Gasteiger partial charge in [0.25, 0.3) is 0 Å². The quantitative estimate of drug-likeness (QED) is 0.333. The molecule has 2 aliphatic rings. The molecular weight excluding hydrogens is 360 g/mol. The van der Waals surface area contributed by atoms with Gasteiger partial charge in [-0.1, -0.05) is 66.5 Å². The predicted octanol–water partition coefficient (Wildman–Crippen LogP) is 7.37. The Morgan fingerprint density at radius 1 is 0.636 bits per heavy atom. The largest absolute Gasteiger partial charge is 4.00 e. The van der Waals surface area contributed by atoms with Crippen LogP contribution in [-0.4, -0.2) is 8.07 Å². The summed E-state index contributed by atoms with van der Waals surface area (Å²) in [6.45, 7) is 15.5. The molecule has 2 saturated carbocycles. The van der Waals surface area contributed by atoms with E-state index in [1.54, 1.807) is 12.8 Å². The van der Waals surface area contributed by atoms with Crippen LogP contribution < -0.4 is 0 Å². The molecule has 0 amide bonds. The summed E-state index contributed by atoms with van der Waals surface area (Å²) in [5.74, 6) is 3.84. The average molecular weight is 404 g/mol. The summed E-state index contributed by atoms with van der Waals surface area (Å²) in [5.41, 5.74) is 2.21. The maximum absolute atomic E-state index is 2.71. The van der Waals surface area contributed by atoms with Crippen LogP contribution in [-0.2, 0) is 26.2 Å². The van der Waals surface area contributed by atoms with E-state index in [4.69, 9.17) is 0 Å². The van der Waals surface area contributed by atoms with Gasteiger partial charge in [-0.15, -0.1) is 0 Å². The molecule has 132 valence electrons. The molecule has 0 aromatic rings. The van der Waals surface area contributed by atoms with Crippen molar-refractivity contribution in [2.75, 3.05) is 0 Å². The van der Waals surface area contributed by atoms with E-state index in [-0.39, 0.29) is 55.9 Å². The SMILES string of the molecule is CC1C(C)C(C)C([Si](C)(C)C2CCCC2)C1C.[CH3-].[CH3-].[CH3-].[CH3-].[Zr+4]. The van der Waals surface area contributed by atoms with Gasteiger partial charge in [-0.2, -0.15) is 0 Å². The van der Waals surface area contributed by atoms with Crippen molar-refractivity contribution in [3.8, 4) is 0 Å². The van der Waals surface area contributed by atoms with Crippen LogP contribution in [0.5, 0.6) is 0 Å². The summed E-state index contributed by atoms with van der Waals surface area (Å²) < 4.78 is 0. The zero-order valence-electron chi connectivity index (χ0n) is 17.3. The van der Waals surface area contributed by atoms with Gasteiger partial charge in [-0.25, -0.2) is 0 Å². The molecule has 4 atom stereocenters.